The highest BCUT2D eigenvalue weighted by molar-refractivity contribution is 5.81. The van der Waals surface area contributed by atoms with E-state index in [1.807, 2.05) is 0 Å². The molecule has 0 saturated carbocycles. The van der Waals surface area contributed by atoms with Gasteiger partial charge in [0.1, 0.15) is 24.9 Å². The van der Waals surface area contributed by atoms with Crippen LogP contribution in [0.3, 0.4) is 0 Å². The molecule has 0 radical (unpaired) electrons. The van der Waals surface area contributed by atoms with Gasteiger partial charge in [0.15, 0.2) is 29.4 Å². The van der Waals surface area contributed by atoms with Crippen LogP contribution in [-0.2, 0) is 4.74 Å². The molecule has 10 heteroatoms. The number of aromatic nitrogens is 4. The molecule has 0 bridgehead atoms. The number of hydrogen-bond acceptors (Lipinski definition) is 7. The summed E-state index contributed by atoms with van der Waals surface area (Å²) in [5.74, 6) is -2.60. The monoisotopic (exact) mass is 301 g/mol. The highest BCUT2D eigenvalue weighted by atomic mass is 19.2. The summed E-state index contributed by atoms with van der Waals surface area (Å²) in [5, 5.41) is 18.8. The van der Waals surface area contributed by atoms with E-state index in [4.69, 9.17) is 15.6 Å². The van der Waals surface area contributed by atoms with E-state index in [1.54, 1.807) is 6.92 Å². The van der Waals surface area contributed by atoms with Crippen molar-refractivity contribution in [2.24, 2.45) is 0 Å². The first-order valence-corrected chi connectivity index (χ1v) is 6.14. The van der Waals surface area contributed by atoms with Crippen LogP contribution in [0.25, 0.3) is 11.2 Å². The van der Waals surface area contributed by atoms with E-state index in [1.165, 1.54) is 4.57 Å². The first-order valence-electron chi connectivity index (χ1n) is 6.14. The zero-order valence-electron chi connectivity index (χ0n) is 10.9. The molecule has 1 saturated heterocycles. The number of ether oxygens (including phenoxy) is 1. The summed E-state index contributed by atoms with van der Waals surface area (Å²) >= 11 is 0. The van der Waals surface area contributed by atoms with Crippen molar-refractivity contribution >= 4 is 17.0 Å². The van der Waals surface area contributed by atoms with Crippen molar-refractivity contribution in [1.82, 2.24) is 19.5 Å². The molecule has 2 aromatic heterocycles. The van der Waals surface area contributed by atoms with Crippen molar-refractivity contribution in [1.29, 1.82) is 0 Å². The number of nitrogens with two attached hydrogens (primary N) is 1. The summed E-state index contributed by atoms with van der Waals surface area (Å²) in [6.45, 7) is 0.326. The molecule has 0 spiro atoms. The third kappa shape index (κ3) is 1.87. The van der Waals surface area contributed by atoms with Crippen molar-refractivity contribution in [2.45, 2.75) is 31.3 Å². The summed E-state index contributed by atoms with van der Waals surface area (Å²) < 4.78 is 34.0. The van der Waals surface area contributed by atoms with Crippen LogP contribution in [0.4, 0.5) is 14.6 Å². The molecule has 21 heavy (non-hydrogen) atoms. The number of anilines is 1. The van der Waals surface area contributed by atoms with Crippen LogP contribution in [0.5, 0.6) is 0 Å². The van der Waals surface area contributed by atoms with Gasteiger partial charge in [0, 0.05) is 0 Å². The van der Waals surface area contributed by atoms with E-state index in [0.29, 0.717) is 0 Å². The molecule has 1 aliphatic heterocycles. The van der Waals surface area contributed by atoms with Crippen LogP contribution >= 0.6 is 0 Å². The maximum absolute atomic E-state index is 14.0. The van der Waals surface area contributed by atoms with Gasteiger partial charge in [-0.2, -0.15) is 0 Å². The molecule has 0 unspecified atom stereocenters. The number of halogens is 2. The van der Waals surface area contributed by atoms with Gasteiger partial charge in [0.2, 0.25) is 0 Å². The van der Waals surface area contributed by atoms with Crippen molar-refractivity contribution < 1.29 is 23.7 Å². The zero-order chi connectivity index (χ0) is 15.4. The van der Waals surface area contributed by atoms with Gasteiger partial charge in [-0.25, -0.2) is 23.7 Å². The summed E-state index contributed by atoms with van der Waals surface area (Å²) in [4.78, 5) is 11.8. The van der Waals surface area contributed by atoms with E-state index in [9.17, 15) is 13.9 Å². The number of aryl methyl sites for hydroxylation is 1. The Labute approximate surface area is 117 Å². The average molecular weight is 301 g/mol. The van der Waals surface area contributed by atoms with Gasteiger partial charge in [0.25, 0.3) is 5.85 Å². The van der Waals surface area contributed by atoms with Gasteiger partial charge < -0.3 is 20.7 Å². The molecule has 0 amide bonds. The van der Waals surface area contributed by atoms with Crippen LogP contribution < -0.4 is 5.73 Å². The fourth-order valence-electron chi connectivity index (χ4n) is 2.40. The lowest BCUT2D eigenvalue weighted by molar-refractivity contribution is -0.195. The minimum atomic E-state index is -2.98. The maximum atomic E-state index is 14.0. The molecular formula is C11H13F2N5O3. The predicted octanol–water partition coefficient (Wildman–Crippen LogP) is -0.397. The number of nitrogens with zero attached hydrogens (tertiary/aromatic N) is 4. The van der Waals surface area contributed by atoms with Crippen molar-refractivity contribution in [3.8, 4) is 0 Å². The first kappa shape index (κ1) is 14.0. The van der Waals surface area contributed by atoms with E-state index in [0.717, 1.165) is 6.33 Å². The lowest BCUT2D eigenvalue weighted by Crippen LogP contribution is -2.39. The van der Waals surface area contributed by atoms with Crippen molar-refractivity contribution in [3.63, 3.8) is 0 Å². The SMILES string of the molecule is Cc1nc2c(N)ncnc2n1[C@@H]1O[C@](F)(CO)[C@@H](F)[C@H]1O. The number of rotatable bonds is 2. The smallest absolute Gasteiger partial charge is 0.268 e. The molecule has 4 atom stereocenters. The molecule has 1 aliphatic rings. The van der Waals surface area contributed by atoms with Gasteiger partial charge in [0.05, 0.1) is 0 Å². The number of aliphatic hydroxyl groups excluding tert-OH is 2. The fourth-order valence-corrected chi connectivity index (χ4v) is 2.40. The summed E-state index contributed by atoms with van der Waals surface area (Å²) in [6.07, 6.45) is -4.48. The number of nitrogen functional groups attached to an aromatic ring is 1. The number of fused-ring (bicyclic) bond motifs is 1. The van der Waals surface area contributed by atoms with Crippen LogP contribution in [0.2, 0.25) is 0 Å². The molecule has 3 rings (SSSR count). The van der Waals surface area contributed by atoms with Crippen LogP contribution in [-0.4, -0.2) is 54.5 Å². The fraction of sp³-hybridized carbons (Fsp3) is 0.545. The number of imidazole rings is 1. The van der Waals surface area contributed by atoms with Crippen molar-refractivity contribution in [2.75, 3.05) is 12.3 Å². The quantitative estimate of drug-likeness (QED) is 0.690. The Morgan fingerprint density at radius 2 is 2.24 bits per heavy atom. The summed E-state index contributed by atoms with van der Waals surface area (Å²) in [7, 11) is 0. The second-order valence-corrected chi connectivity index (χ2v) is 4.81. The predicted molar refractivity (Wildman–Crippen MR) is 66.4 cm³/mol. The molecule has 114 valence electrons. The zero-order valence-corrected chi connectivity index (χ0v) is 10.9. The number of alkyl halides is 2. The van der Waals surface area contributed by atoms with Crippen LogP contribution in [0.15, 0.2) is 6.33 Å². The minimum absolute atomic E-state index is 0.0970. The summed E-state index contributed by atoms with van der Waals surface area (Å²) in [6, 6.07) is 0. The molecule has 4 N–H and O–H groups in total. The van der Waals surface area contributed by atoms with Gasteiger partial charge >= 0.3 is 0 Å². The van der Waals surface area contributed by atoms with Gasteiger partial charge in [-0.05, 0) is 6.92 Å². The Bertz CT molecular complexity index is 696. The van der Waals surface area contributed by atoms with E-state index >= 15 is 0 Å². The molecule has 3 heterocycles. The molecular weight excluding hydrogens is 288 g/mol. The Morgan fingerprint density at radius 1 is 1.52 bits per heavy atom. The second kappa shape index (κ2) is 4.55. The third-order valence-electron chi connectivity index (χ3n) is 3.47. The lowest BCUT2D eigenvalue weighted by atomic mass is 10.1. The summed E-state index contributed by atoms with van der Waals surface area (Å²) in [5.41, 5.74) is 6.08. The van der Waals surface area contributed by atoms with Crippen LogP contribution in [0.1, 0.15) is 12.1 Å². The van der Waals surface area contributed by atoms with E-state index in [-0.39, 0.29) is 22.8 Å². The second-order valence-electron chi connectivity index (χ2n) is 4.81. The van der Waals surface area contributed by atoms with Crippen LogP contribution in [0, 0.1) is 6.92 Å². The third-order valence-corrected chi connectivity index (χ3v) is 3.47. The topological polar surface area (TPSA) is 119 Å². The van der Waals surface area contributed by atoms with Gasteiger partial charge in [-0.3, -0.25) is 4.57 Å². The molecule has 2 aromatic rings. The largest absolute Gasteiger partial charge is 0.390 e. The molecule has 0 aromatic carbocycles. The number of hydrogen-bond donors (Lipinski definition) is 3. The Kier molecular flexibility index (Phi) is 3.04. The molecule has 0 aliphatic carbocycles. The number of aliphatic hydroxyl groups is 2. The van der Waals surface area contributed by atoms with Gasteiger partial charge in [-0.15, -0.1) is 0 Å². The van der Waals surface area contributed by atoms with Crippen molar-refractivity contribution in [3.05, 3.63) is 12.2 Å². The lowest BCUT2D eigenvalue weighted by Gasteiger charge is -2.19. The Balaban J connectivity index is 2.14. The van der Waals surface area contributed by atoms with E-state index in [2.05, 4.69) is 15.0 Å². The average Bonchev–Trinajstić information content (AvgIpc) is 2.90. The Hall–Kier alpha value is -1.91. The normalized spacial score (nSPS) is 32.9. The standard InChI is InChI=1S/C11H13F2N5O3/c1-4-17-5-8(14)15-3-16-9(5)18(4)10-6(20)7(12)11(13,2-19)21-10/h3,6-7,10,19-20H,2H2,1H3,(H2,14,15,16)/t6-,7+,10-,11-/m1/s1. The maximum Gasteiger partial charge on any atom is 0.268 e. The Morgan fingerprint density at radius 3 is 2.86 bits per heavy atom. The van der Waals surface area contributed by atoms with E-state index < -0.39 is 31.0 Å². The molecule has 8 nitrogen and oxygen atoms in total. The highest BCUT2D eigenvalue weighted by Gasteiger charge is 2.57. The highest BCUT2D eigenvalue weighted by Crippen LogP contribution is 2.41. The molecule has 1 fully saturated rings. The minimum Gasteiger partial charge on any atom is -0.390 e. The van der Waals surface area contributed by atoms with Gasteiger partial charge in [-0.1, -0.05) is 0 Å². The first-order chi connectivity index (χ1) is 9.89.